The molecule has 0 saturated heterocycles. The van der Waals surface area contributed by atoms with Gasteiger partial charge in [0.15, 0.2) is 0 Å². The molecule has 114 valence electrons. The number of aryl methyl sites for hydroxylation is 2. The maximum atomic E-state index is 12.5. The minimum absolute atomic E-state index is 0.127. The largest absolute Gasteiger partial charge is 0.464 e. The van der Waals surface area contributed by atoms with Crippen LogP contribution in [0.5, 0.6) is 0 Å². The number of rotatable bonds is 5. The number of nitriles is 1. The molecule has 0 spiro atoms. The van der Waals surface area contributed by atoms with Gasteiger partial charge in [-0.15, -0.1) is 0 Å². The number of pyridine rings is 1. The van der Waals surface area contributed by atoms with E-state index in [4.69, 9.17) is 4.42 Å². The highest BCUT2D eigenvalue weighted by Crippen LogP contribution is 2.21. The van der Waals surface area contributed by atoms with Crippen molar-refractivity contribution in [1.29, 1.82) is 5.26 Å². The van der Waals surface area contributed by atoms with E-state index in [0.717, 1.165) is 12.8 Å². The zero-order valence-electron chi connectivity index (χ0n) is 12.6. The molecule has 3 aromatic rings. The number of benzene rings is 1. The fourth-order valence-corrected chi connectivity index (χ4v) is 2.59. The lowest BCUT2D eigenvalue weighted by Crippen LogP contribution is -2.23. The fraction of sp³-hybridized carbons (Fsp3) is 0.158. The lowest BCUT2D eigenvalue weighted by molar-refractivity contribution is 0.580. The van der Waals surface area contributed by atoms with Crippen LogP contribution in [0.1, 0.15) is 17.5 Å². The average molecular weight is 304 g/mol. The van der Waals surface area contributed by atoms with Crippen molar-refractivity contribution < 1.29 is 4.42 Å². The van der Waals surface area contributed by atoms with Crippen LogP contribution in [0.2, 0.25) is 0 Å². The van der Waals surface area contributed by atoms with Crippen LogP contribution < -0.4 is 5.56 Å². The molecule has 0 unspecified atom stereocenters. The molecule has 2 aromatic heterocycles. The summed E-state index contributed by atoms with van der Waals surface area (Å²) in [4.78, 5) is 12.5. The Morgan fingerprint density at radius 2 is 1.91 bits per heavy atom. The summed E-state index contributed by atoms with van der Waals surface area (Å²) < 4.78 is 6.89. The number of hydrogen-bond donors (Lipinski definition) is 0. The molecule has 4 nitrogen and oxygen atoms in total. The summed E-state index contributed by atoms with van der Waals surface area (Å²) in [5, 5.41) is 9.32. The first-order chi connectivity index (χ1) is 11.3. The molecule has 0 saturated carbocycles. The van der Waals surface area contributed by atoms with Gasteiger partial charge in [0.05, 0.1) is 6.26 Å². The molecule has 0 aliphatic carbocycles. The van der Waals surface area contributed by atoms with E-state index in [1.54, 1.807) is 29.0 Å². The molecule has 0 aliphatic rings. The SMILES string of the molecule is N#Cc1c(-c2ccco2)ccn(CCCc2ccccc2)c1=O. The first kappa shape index (κ1) is 14.9. The molecule has 0 bridgehead atoms. The Morgan fingerprint density at radius 1 is 1.09 bits per heavy atom. The molecule has 0 fully saturated rings. The van der Waals surface area contributed by atoms with Gasteiger partial charge in [0.25, 0.3) is 5.56 Å². The molecule has 0 atom stereocenters. The summed E-state index contributed by atoms with van der Waals surface area (Å²) in [5.74, 6) is 0.537. The van der Waals surface area contributed by atoms with Crippen LogP contribution in [-0.2, 0) is 13.0 Å². The number of nitrogens with zero attached hydrogens (tertiary/aromatic N) is 2. The quantitative estimate of drug-likeness (QED) is 0.723. The van der Waals surface area contributed by atoms with Gasteiger partial charge in [-0.2, -0.15) is 5.26 Å². The van der Waals surface area contributed by atoms with Gasteiger partial charge >= 0.3 is 0 Å². The Balaban J connectivity index is 1.79. The summed E-state index contributed by atoms with van der Waals surface area (Å²) in [7, 11) is 0. The van der Waals surface area contributed by atoms with E-state index in [1.165, 1.54) is 11.8 Å². The molecule has 1 aromatic carbocycles. The Morgan fingerprint density at radius 3 is 2.61 bits per heavy atom. The highest BCUT2D eigenvalue weighted by atomic mass is 16.3. The molecule has 2 heterocycles. The number of aromatic nitrogens is 1. The van der Waals surface area contributed by atoms with E-state index in [0.29, 0.717) is 17.9 Å². The van der Waals surface area contributed by atoms with Crippen molar-refractivity contribution in [2.45, 2.75) is 19.4 Å². The summed E-state index contributed by atoms with van der Waals surface area (Å²) in [6.45, 7) is 0.584. The monoisotopic (exact) mass is 304 g/mol. The predicted octanol–water partition coefficient (Wildman–Crippen LogP) is 3.61. The first-order valence-electron chi connectivity index (χ1n) is 7.51. The van der Waals surface area contributed by atoms with Gasteiger partial charge in [0.2, 0.25) is 0 Å². The summed E-state index contributed by atoms with van der Waals surface area (Å²) in [5.41, 5.74) is 1.65. The lowest BCUT2D eigenvalue weighted by atomic mass is 10.1. The number of furan rings is 1. The van der Waals surface area contributed by atoms with E-state index in [1.807, 2.05) is 24.3 Å². The van der Waals surface area contributed by atoms with Crippen molar-refractivity contribution in [2.24, 2.45) is 0 Å². The van der Waals surface area contributed by atoms with Crippen LogP contribution in [-0.4, -0.2) is 4.57 Å². The Labute approximate surface area is 134 Å². The van der Waals surface area contributed by atoms with Gasteiger partial charge in [-0.25, -0.2) is 0 Å². The third-order valence-corrected chi connectivity index (χ3v) is 3.77. The van der Waals surface area contributed by atoms with Gasteiger partial charge in [0, 0.05) is 18.3 Å². The summed E-state index contributed by atoms with van der Waals surface area (Å²) in [6, 6.07) is 17.4. The van der Waals surface area contributed by atoms with Gasteiger partial charge in [-0.1, -0.05) is 30.3 Å². The van der Waals surface area contributed by atoms with Crippen LogP contribution in [0, 0.1) is 11.3 Å². The van der Waals surface area contributed by atoms with Gasteiger partial charge < -0.3 is 8.98 Å². The van der Waals surface area contributed by atoms with E-state index in [2.05, 4.69) is 12.1 Å². The van der Waals surface area contributed by atoms with Crippen molar-refractivity contribution in [1.82, 2.24) is 4.57 Å². The van der Waals surface area contributed by atoms with E-state index >= 15 is 0 Å². The lowest BCUT2D eigenvalue weighted by Gasteiger charge is -2.08. The fourth-order valence-electron chi connectivity index (χ4n) is 2.59. The Kier molecular flexibility index (Phi) is 4.39. The number of hydrogen-bond acceptors (Lipinski definition) is 3. The van der Waals surface area contributed by atoms with Crippen molar-refractivity contribution in [2.75, 3.05) is 0 Å². The van der Waals surface area contributed by atoms with Gasteiger partial charge in [-0.05, 0) is 36.6 Å². The van der Waals surface area contributed by atoms with Gasteiger partial charge in [-0.3, -0.25) is 4.79 Å². The van der Waals surface area contributed by atoms with Crippen molar-refractivity contribution >= 4 is 0 Å². The molecular formula is C19H16N2O2. The predicted molar refractivity (Wildman–Crippen MR) is 87.9 cm³/mol. The molecule has 0 N–H and O–H groups in total. The Hall–Kier alpha value is -3.06. The topological polar surface area (TPSA) is 58.9 Å². The standard InChI is InChI=1S/C19H16N2O2/c20-14-17-16(18-9-5-13-23-18)10-12-21(19(17)22)11-4-8-15-6-2-1-3-7-15/h1-3,5-7,9-10,12-13H,4,8,11H2. The second-order valence-corrected chi connectivity index (χ2v) is 5.28. The molecule has 0 radical (unpaired) electrons. The van der Waals surface area contributed by atoms with Crippen molar-refractivity contribution in [3.63, 3.8) is 0 Å². The molecule has 0 amide bonds. The highest BCUT2D eigenvalue weighted by molar-refractivity contribution is 5.64. The minimum Gasteiger partial charge on any atom is -0.464 e. The zero-order chi connectivity index (χ0) is 16.1. The van der Waals surface area contributed by atoms with Gasteiger partial charge in [0.1, 0.15) is 17.4 Å². The van der Waals surface area contributed by atoms with Crippen molar-refractivity contribution in [3.8, 4) is 17.4 Å². The maximum absolute atomic E-state index is 12.5. The molecular weight excluding hydrogens is 288 g/mol. The molecule has 4 heteroatoms. The van der Waals surface area contributed by atoms with Crippen LogP contribution in [0.25, 0.3) is 11.3 Å². The van der Waals surface area contributed by atoms with Crippen molar-refractivity contribution in [3.05, 3.63) is 82.5 Å². The zero-order valence-corrected chi connectivity index (χ0v) is 12.6. The van der Waals surface area contributed by atoms with E-state index in [-0.39, 0.29) is 11.1 Å². The van der Waals surface area contributed by atoms with E-state index in [9.17, 15) is 10.1 Å². The second kappa shape index (κ2) is 6.80. The minimum atomic E-state index is -0.269. The summed E-state index contributed by atoms with van der Waals surface area (Å²) >= 11 is 0. The van der Waals surface area contributed by atoms with Crippen LogP contribution in [0.4, 0.5) is 0 Å². The smallest absolute Gasteiger partial charge is 0.269 e. The highest BCUT2D eigenvalue weighted by Gasteiger charge is 2.13. The third-order valence-electron chi connectivity index (χ3n) is 3.77. The molecule has 0 aliphatic heterocycles. The summed E-state index contributed by atoms with van der Waals surface area (Å²) in [6.07, 6.45) is 5.00. The maximum Gasteiger partial charge on any atom is 0.269 e. The van der Waals surface area contributed by atoms with E-state index < -0.39 is 0 Å². The third kappa shape index (κ3) is 3.24. The van der Waals surface area contributed by atoms with Crippen LogP contribution in [0.3, 0.4) is 0 Å². The average Bonchev–Trinajstić information content (AvgIpc) is 3.11. The van der Waals surface area contributed by atoms with Crippen LogP contribution >= 0.6 is 0 Å². The van der Waals surface area contributed by atoms with Crippen LogP contribution in [0.15, 0.2) is 70.2 Å². The Bertz CT molecular complexity index is 872. The first-order valence-corrected chi connectivity index (χ1v) is 7.51. The normalized spacial score (nSPS) is 10.4. The molecule has 23 heavy (non-hydrogen) atoms. The second-order valence-electron chi connectivity index (χ2n) is 5.28. The molecule has 3 rings (SSSR count).